The Morgan fingerprint density at radius 1 is 1.12 bits per heavy atom. The number of hydrogen-bond acceptors (Lipinski definition) is 2. The monoisotopic (exact) mass is 446 g/mol. The zero-order chi connectivity index (χ0) is 17.1. The van der Waals surface area contributed by atoms with E-state index in [1.54, 1.807) is 0 Å². The Hall–Kier alpha value is -0.820. The Kier molecular flexibility index (Phi) is 13.0. The predicted molar refractivity (Wildman–Crippen MR) is 116 cm³/mol. The first-order chi connectivity index (χ1) is 11.0. The Morgan fingerprint density at radius 3 is 2.38 bits per heavy atom. The van der Waals surface area contributed by atoms with Crippen molar-refractivity contribution in [3.8, 4) is 0 Å². The van der Waals surface area contributed by atoms with Crippen molar-refractivity contribution in [1.29, 1.82) is 0 Å². The van der Waals surface area contributed by atoms with E-state index in [1.165, 1.54) is 12.0 Å². The van der Waals surface area contributed by atoms with E-state index in [1.807, 2.05) is 0 Å². The summed E-state index contributed by atoms with van der Waals surface area (Å²) in [7, 11) is 4.28. The highest BCUT2D eigenvalue weighted by molar-refractivity contribution is 14.0. The molecule has 0 unspecified atom stereocenters. The fourth-order valence-corrected chi connectivity index (χ4v) is 2.32. The lowest BCUT2D eigenvalue weighted by Crippen LogP contribution is -2.38. The second-order valence-corrected chi connectivity index (χ2v) is 6.36. The predicted octanol–water partition coefficient (Wildman–Crippen LogP) is 3.82. The minimum atomic E-state index is 0. The third kappa shape index (κ3) is 9.47. The van der Waals surface area contributed by atoms with Gasteiger partial charge in [0.15, 0.2) is 5.96 Å². The molecule has 4 nitrogen and oxygen atoms in total. The Balaban J connectivity index is 0.00000529. The van der Waals surface area contributed by atoms with Crippen molar-refractivity contribution in [2.45, 2.75) is 46.2 Å². The molecule has 5 heteroatoms. The SMILES string of the molecule is CCNC(=NCCCCN(C)C(C)C)N(C)Cc1ccccc1.I. The van der Waals surface area contributed by atoms with E-state index in [-0.39, 0.29) is 24.0 Å². The number of benzene rings is 1. The van der Waals surface area contributed by atoms with Crippen LogP contribution < -0.4 is 5.32 Å². The topological polar surface area (TPSA) is 30.9 Å². The molecule has 0 saturated heterocycles. The third-order valence-electron chi connectivity index (χ3n) is 4.02. The van der Waals surface area contributed by atoms with Crippen molar-refractivity contribution in [2.75, 3.05) is 33.7 Å². The van der Waals surface area contributed by atoms with E-state index in [0.29, 0.717) is 6.04 Å². The van der Waals surface area contributed by atoms with Gasteiger partial charge in [-0.05, 0) is 52.8 Å². The molecule has 0 aliphatic rings. The molecule has 0 amide bonds. The molecular weight excluding hydrogens is 411 g/mol. The van der Waals surface area contributed by atoms with Gasteiger partial charge in [0.25, 0.3) is 0 Å². The Labute approximate surface area is 165 Å². The maximum absolute atomic E-state index is 4.76. The van der Waals surface area contributed by atoms with E-state index in [9.17, 15) is 0 Å². The van der Waals surface area contributed by atoms with E-state index in [4.69, 9.17) is 4.99 Å². The molecule has 138 valence electrons. The molecule has 24 heavy (non-hydrogen) atoms. The second kappa shape index (κ2) is 13.5. The minimum absolute atomic E-state index is 0. The Bertz CT molecular complexity index is 448. The summed E-state index contributed by atoms with van der Waals surface area (Å²) < 4.78 is 0. The lowest BCUT2D eigenvalue weighted by atomic mass is 10.2. The van der Waals surface area contributed by atoms with Gasteiger partial charge in [-0.15, -0.1) is 24.0 Å². The standard InChI is InChI=1S/C19H34N4.HI/c1-6-20-19(21-14-10-11-15-22(4)17(2)3)23(5)16-18-12-8-7-9-13-18;/h7-9,12-13,17H,6,10-11,14-16H2,1-5H3,(H,20,21);1H. The number of unbranched alkanes of at least 4 members (excludes halogenated alkanes) is 1. The number of guanidine groups is 1. The second-order valence-electron chi connectivity index (χ2n) is 6.36. The molecule has 0 aliphatic carbocycles. The summed E-state index contributed by atoms with van der Waals surface area (Å²) in [6, 6.07) is 11.1. The van der Waals surface area contributed by atoms with Crippen LogP contribution in [-0.2, 0) is 6.54 Å². The van der Waals surface area contributed by atoms with Gasteiger partial charge in [-0.25, -0.2) is 0 Å². The number of nitrogens with zero attached hydrogens (tertiary/aromatic N) is 3. The number of halogens is 1. The molecule has 1 rings (SSSR count). The number of hydrogen-bond donors (Lipinski definition) is 1. The zero-order valence-electron chi connectivity index (χ0n) is 16.0. The lowest BCUT2D eigenvalue weighted by molar-refractivity contribution is 0.269. The first kappa shape index (κ1) is 23.2. The van der Waals surface area contributed by atoms with Crippen LogP contribution in [0.5, 0.6) is 0 Å². The highest BCUT2D eigenvalue weighted by Crippen LogP contribution is 2.03. The zero-order valence-corrected chi connectivity index (χ0v) is 18.3. The number of rotatable bonds is 9. The van der Waals surface area contributed by atoms with Gasteiger partial charge in [-0.3, -0.25) is 4.99 Å². The fraction of sp³-hybridized carbons (Fsp3) is 0.632. The average Bonchev–Trinajstić information content (AvgIpc) is 2.54. The first-order valence-corrected chi connectivity index (χ1v) is 8.78. The molecule has 0 radical (unpaired) electrons. The van der Waals surface area contributed by atoms with Crippen molar-refractivity contribution < 1.29 is 0 Å². The van der Waals surface area contributed by atoms with Crippen LogP contribution in [0.15, 0.2) is 35.3 Å². The van der Waals surface area contributed by atoms with Crippen LogP contribution in [0, 0.1) is 0 Å². The van der Waals surface area contributed by atoms with Gasteiger partial charge < -0.3 is 15.1 Å². The molecule has 0 fully saturated rings. The summed E-state index contributed by atoms with van der Waals surface area (Å²) in [6.45, 7) is 10.4. The summed E-state index contributed by atoms with van der Waals surface area (Å²) in [5.74, 6) is 0.994. The number of aliphatic imine (C=N–C) groups is 1. The van der Waals surface area contributed by atoms with E-state index in [0.717, 1.165) is 38.6 Å². The van der Waals surface area contributed by atoms with Gasteiger partial charge >= 0.3 is 0 Å². The summed E-state index contributed by atoms with van der Waals surface area (Å²) >= 11 is 0. The molecule has 0 aromatic heterocycles. The van der Waals surface area contributed by atoms with Crippen molar-refractivity contribution in [3.05, 3.63) is 35.9 Å². The van der Waals surface area contributed by atoms with Gasteiger partial charge in [0, 0.05) is 32.7 Å². The minimum Gasteiger partial charge on any atom is -0.357 e. The van der Waals surface area contributed by atoms with Gasteiger partial charge in [0.1, 0.15) is 0 Å². The number of nitrogens with one attached hydrogen (secondary N) is 1. The molecule has 1 aromatic rings. The molecular formula is C19H35IN4. The molecule has 1 N–H and O–H groups in total. The van der Waals surface area contributed by atoms with Crippen LogP contribution in [0.4, 0.5) is 0 Å². The van der Waals surface area contributed by atoms with Crippen LogP contribution in [0.3, 0.4) is 0 Å². The van der Waals surface area contributed by atoms with E-state index < -0.39 is 0 Å². The van der Waals surface area contributed by atoms with Crippen molar-refractivity contribution in [3.63, 3.8) is 0 Å². The van der Waals surface area contributed by atoms with Gasteiger partial charge in [-0.2, -0.15) is 0 Å². The first-order valence-electron chi connectivity index (χ1n) is 8.78. The van der Waals surface area contributed by atoms with Crippen LogP contribution in [0.25, 0.3) is 0 Å². The molecule has 0 bridgehead atoms. The highest BCUT2D eigenvalue weighted by atomic mass is 127. The molecule has 0 atom stereocenters. The summed E-state index contributed by atoms with van der Waals surface area (Å²) in [6.07, 6.45) is 2.32. The van der Waals surface area contributed by atoms with Crippen LogP contribution in [0.2, 0.25) is 0 Å². The van der Waals surface area contributed by atoms with Crippen molar-refractivity contribution in [2.24, 2.45) is 4.99 Å². The normalized spacial score (nSPS) is 11.5. The molecule has 1 aromatic carbocycles. The summed E-state index contributed by atoms with van der Waals surface area (Å²) in [4.78, 5) is 9.34. The van der Waals surface area contributed by atoms with Crippen molar-refractivity contribution >= 4 is 29.9 Å². The summed E-state index contributed by atoms with van der Waals surface area (Å²) in [5, 5.41) is 3.39. The molecule has 0 heterocycles. The molecule has 0 aliphatic heterocycles. The van der Waals surface area contributed by atoms with Crippen LogP contribution in [0.1, 0.15) is 39.2 Å². The van der Waals surface area contributed by atoms with Gasteiger partial charge in [0.05, 0.1) is 0 Å². The van der Waals surface area contributed by atoms with E-state index >= 15 is 0 Å². The highest BCUT2D eigenvalue weighted by Gasteiger charge is 2.06. The van der Waals surface area contributed by atoms with Crippen LogP contribution in [-0.4, -0.2) is 55.5 Å². The quantitative estimate of drug-likeness (QED) is 0.271. The molecule has 0 spiro atoms. The Morgan fingerprint density at radius 2 is 1.79 bits per heavy atom. The largest absolute Gasteiger partial charge is 0.357 e. The van der Waals surface area contributed by atoms with Gasteiger partial charge in [0.2, 0.25) is 0 Å². The summed E-state index contributed by atoms with van der Waals surface area (Å²) in [5.41, 5.74) is 1.30. The average molecular weight is 446 g/mol. The lowest BCUT2D eigenvalue weighted by Gasteiger charge is -2.22. The van der Waals surface area contributed by atoms with Crippen LogP contribution >= 0.6 is 24.0 Å². The van der Waals surface area contributed by atoms with E-state index in [2.05, 4.69) is 80.3 Å². The molecule has 0 saturated carbocycles. The maximum atomic E-state index is 4.76. The third-order valence-corrected chi connectivity index (χ3v) is 4.02. The smallest absolute Gasteiger partial charge is 0.193 e. The maximum Gasteiger partial charge on any atom is 0.193 e. The fourth-order valence-electron chi connectivity index (χ4n) is 2.32. The van der Waals surface area contributed by atoms with Crippen molar-refractivity contribution in [1.82, 2.24) is 15.1 Å². The van der Waals surface area contributed by atoms with Gasteiger partial charge in [-0.1, -0.05) is 30.3 Å².